The average molecular weight is 223 g/mol. The number of aromatic nitrogens is 1. The molecule has 0 unspecified atom stereocenters. The number of hydrogen-bond acceptors (Lipinski definition) is 5. The number of hydrogen-bond donors (Lipinski definition) is 2. The van der Waals surface area contributed by atoms with E-state index in [1.165, 1.54) is 13.3 Å². The Labute approximate surface area is 92.8 Å². The summed E-state index contributed by atoms with van der Waals surface area (Å²) in [7, 11) is 1.29. The van der Waals surface area contributed by atoms with Crippen LogP contribution in [0.4, 0.5) is 5.69 Å². The molecule has 0 fully saturated rings. The molecule has 1 aromatic heterocycles. The Balaban J connectivity index is 2.47. The van der Waals surface area contributed by atoms with Gasteiger partial charge in [-0.3, -0.25) is 9.59 Å². The standard InChI is InChI=1S/C10H13N3O3/c1-16-8(14)4-6-13-10(15)9-7(11)3-2-5-12-9/h2-3,5H,4,6,11H2,1H3,(H,13,15). The van der Waals surface area contributed by atoms with Crippen LogP contribution in [-0.4, -0.2) is 30.5 Å². The summed E-state index contributed by atoms with van der Waals surface area (Å²) in [5, 5.41) is 2.52. The second-order valence-electron chi connectivity index (χ2n) is 3.02. The van der Waals surface area contributed by atoms with E-state index in [-0.39, 0.29) is 24.6 Å². The Morgan fingerprint density at radius 1 is 1.56 bits per heavy atom. The van der Waals surface area contributed by atoms with E-state index in [2.05, 4.69) is 15.0 Å². The molecule has 0 aliphatic rings. The van der Waals surface area contributed by atoms with Crippen LogP contribution in [0.3, 0.4) is 0 Å². The van der Waals surface area contributed by atoms with Crippen molar-refractivity contribution in [1.82, 2.24) is 10.3 Å². The fraction of sp³-hybridized carbons (Fsp3) is 0.300. The molecule has 1 heterocycles. The average Bonchev–Trinajstić information content (AvgIpc) is 2.29. The van der Waals surface area contributed by atoms with Gasteiger partial charge in [-0.1, -0.05) is 0 Å². The molecular formula is C10H13N3O3. The number of amides is 1. The van der Waals surface area contributed by atoms with Crippen molar-refractivity contribution in [2.75, 3.05) is 19.4 Å². The minimum absolute atomic E-state index is 0.120. The summed E-state index contributed by atoms with van der Waals surface area (Å²) >= 11 is 0. The molecule has 1 amide bonds. The maximum Gasteiger partial charge on any atom is 0.307 e. The number of carbonyl (C=O) groups is 2. The summed E-state index contributed by atoms with van der Waals surface area (Å²) in [5.74, 6) is -0.781. The van der Waals surface area contributed by atoms with Crippen LogP contribution in [0, 0.1) is 0 Å². The van der Waals surface area contributed by atoms with Crippen LogP contribution in [0.1, 0.15) is 16.9 Å². The number of anilines is 1. The van der Waals surface area contributed by atoms with Crippen molar-refractivity contribution in [1.29, 1.82) is 0 Å². The van der Waals surface area contributed by atoms with Crippen molar-refractivity contribution in [3.63, 3.8) is 0 Å². The highest BCUT2D eigenvalue weighted by atomic mass is 16.5. The van der Waals surface area contributed by atoms with Gasteiger partial charge in [0.1, 0.15) is 0 Å². The summed E-state index contributed by atoms with van der Waals surface area (Å²) in [4.78, 5) is 26.2. The molecule has 0 atom stereocenters. The van der Waals surface area contributed by atoms with Crippen molar-refractivity contribution in [3.05, 3.63) is 24.0 Å². The van der Waals surface area contributed by atoms with E-state index in [0.29, 0.717) is 5.69 Å². The summed E-state index contributed by atoms with van der Waals surface area (Å²) < 4.78 is 4.43. The van der Waals surface area contributed by atoms with E-state index >= 15 is 0 Å². The van der Waals surface area contributed by atoms with Gasteiger partial charge < -0.3 is 15.8 Å². The molecule has 0 aliphatic carbocycles. The number of esters is 1. The fourth-order valence-electron chi connectivity index (χ4n) is 1.07. The Hall–Kier alpha value is -2.11. The molecule has 16 heavy (non-hydrogen) atoms. The van der Waals surface area contributed by atoms with Crippen molar-refractivity contribution in [2.45, 2.75) is 6.42 Å². The lowest BCUT2D eigenvalue weighted by atomic mass is 10.3. The van der Waals surface area contributed by atoms with Gasteiger partial charge in [-0.15, -0.1) is 0 Å². The van der Waals surface area contributed by atoms with Gasteiger partial charge in [-0.2, -0.15) is 0 Å². The van der Waals surface area contributed by atoms with Gasteiger partial charge in [0.05, 0.1) is 19.2 Å². The third kappa shape index (κ3) is 3.23. The predicted octanol–water partition coefficient (Wildman–Crippen LogP) is -0.0433. The summed E-state index contributed by atoms with van der Waals surface area (Å²) in [6.07, 6.45) is 1.60. The topological polar surface area (TPSA) is 94.3 Å². The van der Waals surface area contributed by atoms with Gasteiger partial charge in [0.15, 0.2) is 5.69 Å². The molecule has 6 heteroatoms. The van der Waals surface area contributed by atoms with Crippen molar-refractivity contribution in [3.8, 4) is 0 Å². The number of methoxy groups -OCH3 is 1. The SMILES string of the molecule is COC(=O)CCNC(=O)c1ncccc1N. The van der Waals surface area contributed by atoms with Crippen LogP contribution in [-0.2, 0) is 9.53 Å². The molecule has 6 nitrogen and oxygen atoms in total. The molecular weight excluding hydrogens is 210 g/mol. The number of ether oxygens (including phenoxy) is 1. The minimum Gasteiger partial charge on any atom is -0.469 e. The van der Waals surface area contributed by atoms with Gasteiger partial charge in [-0.05, 0) is 12.1 Å². The van der Waals surface area contributed by atoms with E-state index in [0.717, 1.165) is 0 Å². The zero-order valence-corrected chi connectivity index (χ0v) is 8.90. The lowest BCUT2D eigenvalue weighted by Gasteiger charge is -2.05. The second-order valence-corrected chi connectivity index (χ2v) is 3.02. The Morgan fingerprint density at radius 2 is 2.31 bits per heavy atom. The Kier molecular flexibility index (Phi) is 4.26. The van der Waals surface area contributed by atoms with Gasteiger partial charge in [-0.25, -0.2) is 4.98 Å². The summed E-state index contributed by atoms with van der Waals surface area (Å²) in [5.41, 5.74) is 6.03. The van der Waals surface area contributed by atoms with Crippen LogP contribution >= 0.6 is 0 Å². The van der Waals surface area contributed by atoms with Crippen LogP contribution in [0.5, 0.6) is 0 Å². The fourth-order valence-corrected chi connectivity index (χ4v) is 1.07. The Morgan fingerprint density at radius 3 is 2.94 bits per heavy atom. The van der Waals surface area contributed by atoms with Crippen molar-refractivity contribution in [2.24, 2.45) is 0 Å². The van der Waals surface area contributed by atoms with Gasteiger partial charge in [0.25, 0.3) is 5.91 Å². The number of nitrogens with zero attached hydrogens (tertiary/aromatic N) is 1. The maximum atomic E-state index is 11.5. The van der Waals surface area contributed by atoms with Crippen LogP contribution < -0.4 is 11.1 Å². The van der Waals surface area contributed by atoms with Crippen molar-refractivity contribution < 1.29 is 14.3 Å². The minimum atomic E-state index is -0.401. The molecule has 0 spiro atoms. The second kappa shape index (κ2) is 5.69. The lowest BCUT2D eigenvalue weighted by molar-refractivity contribution is -0.140. The van der Waals surface area contributed by atoms with E-state index in [9.17, 15) is 9.59 Å². The highest BCUT2D eigenvalue weighted by Gasteiger charge is 2.10. The van der Waals surface area contributed by atoms with Crippen LogP contribution in [0.15, 0.2) is 18.3 Å². The number of pyridine rings is 1. The van der Waals surface area contributed by atoms with E-state index in [1.54, 1.807) is 12.1 Å². The van der Waals surface area contributed by atoms with E-state index in [1.807, 2.05) is 0 Å². The summed E-state index contributed by atoms with van der Waals surface area (Å²) in [6.45, 7) is 0.196. The molecule has 1 rings (SSSR count). The number of nitrogens with two attached hydrogens (primary N) is 1. The quantitative estimate of drug-likeness (QED) is 0.698. The molecule has 0 aliphatic heterocycles. The predicted molar refractivity (Wildman–Crippen MR) is 57.6 cm³/mol. The molecule has 86 valence electrons. The molecule has 0 radical (unpaired) electrons. The lowest BCUT2D eigenvalue weighted by Crippen LogP contribution is -2.27. The first kappa shape index (κ1) is 12.0. The smallest absolute Gasteiger partial charge is 0.307 e. The molecule has 1 aromatic rings. The first-order chi connectivity index (χ1) is 7.65. The number of nitrogen functional groups attached to an aromatic ring is 1. The third-order valence-corrected chi connectivity index (χ3v) is 1.90. The van der Waals surface area contributed by atoms with Crippen LogP contribution in [0.2, 0.25) is 0 Å². The highest BCUT2D eigenvalue weighted by Crippen LogP contribution is 2.05. The summed E-state index contributed by atoms with van der Waals surface area (Å²) in [6, 6.07) is 3.22. The maximum absolute atomic E-state index is 11.5. The molecule has 0 bridgehead atoms. The third-order valence-electron chi connectivity index (χ3n) is 1.90. The van der Waals surface area contributed by atoms with Gasteiger partial charge >= 0.3 is 5.97 Å². The first-order valence-electron chi connectivity index (χ1n) is 4.70. The largest absolute Gasteiger partial charge is 0.469 e. The zero-order valence-electron chi connectivity index (χ0n) is 8.90. The molecule has 0 saturated heterocycles. The Bertz CT molecular complexity index is 393. The van der Waals surface area contributed by atoms with E-state index in [4.69, 9.17) is 5.73 Å². The highest BCUT2D eigenvalue weighted by molar-refractivity contribution is 5.97. The number of carbonyl (C=O) groups excluding carboxylic acids is 2. The molecule has 0 aromatic carbocycles. The van der Waals surface area contributed by atoms with Gasteiger partial charge in [0, 0.05) is 12.7 Å². The van der Waals surface area contributed by atoms with Gasteiger partial charge in [0.2, 0.25) is 0 Å². The molecule has 3 N–H and O–H groups in total. The van der Waals surface area contributed by atoms with E-state index < -0.39 is 5.91 Å². The first-order valence-corrected chi connectivity index (χ1v) is 4.70. The zero-order chi connectivity index (χ0) is 12.0. The number of rotatable bonds is 4. The molecule has 0 saturated carbocycles. The van der Waals surface area contributed by atoms with Crippen molar-refractivity contribution >= 4 is 17.6 Å². The van der Waals surface area contributed by atoms with Crippen LogP contribution in [0.25, 0.3) is 0 Å². The monoisotopic (exact) mass is 223 g/mol. The normalized spacial score (nSPS) is 9.56. The number of nitrogens with one attached hydrogen (secondary N) is 1.